The van der Waals surface area contributed by atoms with Gasteiger partial charge in [-0.1, -0.05) is 36.4 Å². The number of aliphatic hydroxyl groups excluding tert-OH is 1. The van der Waals surface area contributed by atoms with Crippen LogP contribution in [0.5, 0.6) is 0 Å². The number of rotatable bonds is 5. The summed E-state index contributed by atoms with van der Waals surface area (Å²) in [4.78, 5) is 19.6. The predicted molar refractivity (Wildman–Crippen MR) is 119 cm³/mol. The summed E-state index contributed by atoms with van der Waals surface area (Å²) >= 11 is 0. The van der Waals surface area contributed by atoms with Gasteiger partial charge in [0.1, 0.15) is 0 Å². The Morgan fingerprint density at radius 2 is 1.60 bits per heavy atom. The molecular formula is C24H33N3O3. The number of aliphatic hydroxyl groups is 1. The second-order valence-electron chi connectivity index (χ2n) is 8.75. The van der Waals surface area contributed by atoms with Crippen molar-refractivity contribution in [3.63, 3.8) is 0 Å². The van der Waals surface area contributed by atoms with Crippen LogP contribution in [0.25, 0.3) is 10.8 Å². The molecule has 2 aromatic carbocycles. The zero-order valence-electron chi connectivity index (χ0n) is 18.0. The molecule has 0 radical (unpaired) electrons. The fraction of sp³-hybridized carbons (Fsp3) is 0.542. The molecule has 0 spiro atoms. The number of amides is 1. The van der Waals surface area contributed by atoms with E-state index in [1.807, 2.05) is 47.4 Å². The van der Waals surface area contributed by atoms with Crippen LogP contribution in [0.2, 0.25) is 0 Å². The maximum atomic E-state index is 13.1. The molecule has 2 saturated heterocycles. The van der Waals surface area contributed by atoms with Crippen molar-refractivity contribution in [3.05, 3.63) is 48.0 Å². The number of morpholine rings is 1. The summed E-state index contributed by atoms with van der Waals surface area (Å²) in [6.07, 6.45) is 0.0389. The molecular weight excluding hydrogens is 378 g/mol. The molecule has 4 rings (SSSR count). The van der Waals surface area contributed by atoms with Crippen LogP contribution < -0.4 is 0 Å². The third kappa shape index (κ3) is 5.01. The van der Waals surface area contributed by atoms with Gasteiger partial charge in [-0.05, 0) is 30.7 Å². The maximum absolute atomic E-state index is 13.1. The van der Waals surface area contributed by atoms with Crippen LogP contribution in [-0.4, -0.2) is 96.4 Å². The van der Waals surface area contributed by atoms with E-state index in [9.17, 15) is 9.90 Å². The minimum Gasteiger partial charge on any atom is -0.390 e. The highest BCUT2D eigenvalue weighted by Gasteiger charge is 2.27. The van der Waals surface area contributed by atoms with E-state index >= 15 is 0 Å². The molecule has 0 aliphatic carbocycles. The molecule has 1 amide bonds. The fourth-order valence-corrected chi connectivity index (χ4v) is 4.80. The highest BCUT2D eigenvalue weighted by atomic mass is 16.5. The van der Waals surface area contributed by atoms with Gasteiger partial charge in [0.15, 0.2) is 0 Å². The molecule has 3 atom stereocenters. The second-order valence-corrected chi connectivity index (χ2v) is 8.75. The molecule has 2 fully saturated rings. The molecule has 0 saturated carbocycles. The molecule has 30 heavy (non-hydrogen) atoms. The predicted octanol–water partition coefficient (Wildman–Crippen LogP) is 2.07. The number of β-amino-alcohol motifs (C(OH)–C–C–N with tert-alkyl or cyclic N) is 1. The first-order valence-corrected chi connectivity index (χ1v) is 11.0. The number of hydrogen-bond acceptors (Lipinski definition) is 5. The lowest BCUT2D eigenvalue weighted by atomic mass is 10.0. The zero-order chi connectivity index (χ0) is 21.1. The molecule has 6 nitrogen and oxygen atoms in total. The number of ether oxygens (including phenoxy) is 1. The van der Waals surface area contributed by atoms with E-state index in [0.717, 1.165) is 42.5 Å². The van der Waals surface area contributed by atoms with E-state index in [1.165, 1.54) is 0 Å². The third-order valence-corrected chi connectivity index (χ3v) is 6.11. The number of nitrogens with zero attached hydrogens (tertiary/aromatic N) is 3. The van der Waals surface area contributed by atoms with E-state index in [2.05, 4.69) is 23.6 Å². The minimum absolute atomic E-state index is 0.100. The van der Waals surface area contributed by atoms with Crippen molar-refractivity contribution in [3.8, 4) is 0 Å². The molecule has 162 valence electrons. The van der Waals surface area contributed by atoms with Crippen molar-refractivity contribution < 1.29 is 14.6 Å². The summed E-state index contributed by atoms with van der Waals surface area (Å²) in [6.45, 7) is 10.2. The Morgan fingerprint density at radius 3 is 2.33 bits per heavy atom. The first-order chi connectivity index (χ1) is 14.5. The molecule has 2 heterocycles. The van der Waals surface area contributed by atoms with Crippen molar-refractivity contribution in [1.82, 2.24) is 14.7 Å². The summed E-state index contributed by atoms with van der Waals surface area (Å²) in [7, 11) is 0. The number of piperazine rings is 1. The molecule has 6 heteroatoms. The Bertz CT molecular complexity index is 850. The Hall–Kier alpha value is -1.99. The van der Waals surface area contributed by atoms with Gasteiger partial charge in [0.05, 0.1) is 18.3 Å². The molecule has 2 aliphatic heterocycles. The first kappa shape index (κ1) is 21.2. The van der Waals surface area contributed by atoms with Crippen LogP contribution >= 0.6 is 0 Å². The molecule has 2 aliphatic rings. The van der Waals surface area contributed by atoms with Crippen LogP contribution in [0.1, 0.15) is 24.2 Å². The number of carbonyl (C=O) groups is 1. The quantitative estimate of drug-likeness (QED) is 0.816. The van der Waals surface area contributed by atoms with Crippen LogP contribution in [-0.2, 0) is 4.74 Å². The van der Waals surface area contributed by atoms with Gasteiger partial charge in [-0.2, -0.15) is 0 Å². The molecule has 2 aromatic rings. The lowest BCUT2D eigenvalue weighted by molar-refractivity contribution is -0.0783. The summed E-state index contributed by atoms with van der Waals surface area (Å²) in [5.74, 6) is 0.100. The molecule has 3 unspecified atom stereocenters. The fourth-order valence-electron chi connectivity index (χ4n) is 4.80. The van der Waals surface area contributed by atoms with Crippen molar-refractivity contribution >= 4 is 16.7 Å². The van der Waals surface area contributed by atoms with Gasteiger partial charge in [0, 0.05) is 57.9 Å². The average molecular weight is 412 g/mol. The number of hydrogen-bond donors (Lipinski definition) is 1. The Morgan fingerprint density at radius 1 is 0.967 bits per heavy atom. The lowest BCUT2D eigenvalue weighted by Crippen LogP contribution is -2.53. The summed E-state index contributed by atoms with van der Waals surface area (Å²) < 4.78 is 5.77. The summed E-state index contributed by atoms with van der Waals surface area (Å²) in [5, 5.41) is 12.7. The van der Waals surface area contributed by atoms with E-state index in [1.54, 1.807) is 0 Å². The van der Waals surface area contributed by atoms with Crippen molar-refractivity contribution in [2.75, 3.05) is 52.4 Å². The normalized spacial score (nSPS) is 24.8. The second kappa shape index (κ2) is 9.43. The largest absolute Gasteiger partial charge is 0.390 e. The smallest absolute Gasteiger partial charge is 0.254 e. The van der Waals surface area contributed by atoms with Gasteiger partial charge in [-0.15, -0.1) is 0 Å². The molecule has 0 bridgehead atoms. The van der Waals surface area contributed by atoms with Gasteiger partial charge in [0.25, 0.3) is 5.91 Å². The van der Waals surface area contributed by atoms with E-state index in [4.69, 9.17) is 4.74 Å². The molecule has 1 N–H and O–H groups in total. The number of benzene rings is 2. The van der Waals surface area contributed by atoms with Gasteiger partial charge in [-0.3, -0.25) is 14.6 Å². The average Bonchev–Trinajstić information content (AvgIpc) is 2.72. The van der Waals surface area contributed by atoms with Crippen LogP contribution in [0.4, 0.5) is 0 Å². The van der Waals surface area contributed by atoms with Crippen LogP contribution in [0.3, 0.4) is 0 Å². The minimum atomic E-state index is -0.386. The topological polar surface area (TPSA) is 56.2 Å². The van der Waals surface area contributed by atoms with Crippen molar-refractivity contribution in [2.45, 2.75) is 32.2 Å². The molecule has 0 aromatic heterocycles. The van der Waals surface area contributed by atoms with E-state index < -0.39 is 0 Å². The Kier molecular flexibility index (Phi) is 6.68. The van der Waals surface area contributed by atoms with E-state index in [-0.39, 0.29) is 24.2 Å². The number of carbonyl (C=O) groups excluding carboxylic acids is 1. The van der Waals surface area contributed by atoms with Crippen LogP contribution in [0.15, 0.2) is 42.5 Å². The van der Waals surface area contributed by atoms with Crippen molar-refractivity contribution in [2.24, 2.45) is 0 Å². The summed E-state index contributed by atoms with van der Waals surface area (Å²) in [6, 6.07) is 14.0. The third-order valence-electron chi connectivity index (χ3n) is 6.11. The SMILES string of the molecule is CC1CN(CC(O)CN2CCN(C(=O)c3cccc4ccccc34)CC2)CC(C)O1. The summed E-state index contributed by atoms with van der Waals surface area (Å²) in [5.41, 5.74) is 0.775. The Balaban J connectivity index is 1.29. The highest BCUT2D eigenvalue weighted by molar-refractivity contribution is 6.07. The van der Waals surface area contributed by atoms with Gasteiger partial charge < -0.3 is 14.7 Å². The van der Waals surface area contributed by atoms with Gasteiger partial charge >= 0.3 is 0 Å². The zero-order valence-corrected chi connectivity index (χ0v) is 18.0. The first-order valence-electron chi connectivity index (χ1n) is 11.0. The van der Waals surface area contributed by atoms with Gasteiger partial charge in [-0.25, -0.2) is 0 Å². The maximum Gasteiger partial charge on any atom is 0.254 e. The lowest BCUT2D eigenvalue weighted by Gasteiger charge is -2.38. The Labute approximate surface area is 179 Å². The monoisotopic (exact) mass is 411 g/mol. The van der Waals surface area contributed by atoms with Gasteiger partial charge in [0.2, 0.25) is 0 Å². The van der Waals surface area contributed by atoms with E-state index in [0.29, 0.717) is 26.2 Å². The highest BCUT2D eigenvalue weighted by Crippen LogP contribution is 2.21. The standard InChI is InChI=1S/C24H33N3O3/c1-18-14-26(15-19(2)30-18)17-21(28)16-25-10-12-27(13-11-25)24(29)23-9-5-7-20-6-3-4-8-22(20)23/h3-9,18-19,21,28H,10-17H2,1-2H3. The van der Waals surface area contributed by atoms with Crippen LogP contribution in [0, 0.1) is 0 Å². The number of fused-ring (bicyclic) bond motifs is 1. The van der Waals surface area contributed by atoms with Crippen molar-refractivity contribution in [1.29, 1.82) is 0 Å².